The van der Waals surface area contributed by atoms with Crippen LogP contribution in [0.2, 0.25) is 0 Å². The second-order valence-corrected chi connectivity index (χ2v) is 8.08. The molecule has 0 saturated carbocycles. The molecular weight excluding hydrogens is 340 g/mol. The minimum atomic E-state index is -0.742. The van der Waals surface area contributed by atoms with Gasteiger partial charge < -0.3 is 0 Å². The normalized spacial score (nSPS) is 27.1. The Kier molecular flexibility index (Phi) is 3.49. The summed E-state index contributed by atoms with van der Waals surface area (Å²) in [7, 11) is 0. The van der Waals surface area contributed by atoms with Gasteiger partial charge in [0.1, 0.15) is 11.5 Å². The smallest absolute Gasteiger partial charge is 0.115 e. The summed E-state index contributed by atoms with van der Waals surface area (Å²) in [4.78, 5) is 0. The molecule has 0 bridgehead atoms. The molecule has 2 aromatic rings. The Morgan fingerprint density at radius 1 is 1.07 bits per heavy atom. The quantitative estimate of drug-likeness (QED) is 0.651. The van der Waals surface area contributed by atoms with Gasteiger partial charge in [0.2, 0.25) is 0 Å². The lowest BCUT2D eigenvalue weighted by Gasteiger charge is -2.39. The highest BCUT2D eigenvalue weighted by atomic mass is 14.6. The van der Waals surface area contributed by atoms with Gasteiger partial charge in [0.15, 0.2) is 0 Å². The molecule has 0 radical (unpaired) electrons. The van der Waals surface area contributed by atoms with Gasteiger partial charge in [0.25, 0.3) is 0 Å². The monoisotopic (exact) mass is 360 g/mol. The zero-order valence-electron chi connectivity index (χ0n) is 16.0. The Morgan fingerprint density at radius 3 is 2.57 bits per heavy atom. The fourth-order valence-electron chi connectivity index (χ4n) is 5.39. The molecule has 0 saturated heterocycles. The zero-order chi connectivity index (χ0) is 19.5. The van der Waals surface area contributed by atoms with Crippen molar-refractivity contribution < 1.29 is 0 Å². The van der Waals surface area contributed by atoms with Crippen LogP contribution < -0.4 is 0 Å². The van der Waals surface area contributed by atoms with Crippen LogP contribution in [0.3, 0.4) is 0 Å². The molecule has 2 aromatic carbocycles. The Bertz CT molecular complexity index is 1180. The number of benzene rings is 2. The Balaban J connectivity index is 1.91. The highest BCUT2D eigenvalue weighted by Crippen LogP contribution is 2.62. The first-order chi connectivity index (χ1) is 13.6. The van der Waals surface area contributed by atoms with Crippen molar-refractivity contribution in [1.82, 2.24) is 0 Å². The van der Waals surface area contributed by atoms with E-state index in [0.717, 1.165) is 34.3 Å². The number of hydrogen-bond acceptors (Lipinski definition) is 2. The zero-order valence-corrected chi connectivity index (χ0v) is 16.0. The van der Waals surface area contributed by atoms with Crippen molar-refractivity contribution in [3.05, 3.63) is 99.7 Å². The third kappa shape index (κ3) is 1.96. The molecule has 0 fully saturated rings. The van der Waals surface area contributed by atoms with Gasteiger partial charge in [-0.25, -0.2) is 0 Å². The van der Waals surface area contributed by atoms with E-state index in [0.29, 0.717) is 5.57 Å². The third-order valence-electron chi connectivity index (χ3n) is 6.66. The minimum Gasteiger partial charge on any atom is -0.197 e. The molecular formula is C26H20N2. The molecule has 2 nitrogen and oxygen atoms in total. The van der Waals surface area contributed by atoms with Crippen LogP contribution in [0.5, 0.6) is 0 Å². The maximum absolute atomic E-state index is 10.7. The van der Waals surface area contributed by atoms with Crippen molar-refractivity contribution >= 4 is 5.57 Å². The average Bonchev–Trinajstić information content (AvgIpc) is 3.08. The van der Waals surface area contributed by atoms with Gasteiger partial charge in [-0.05, 0) is 47.1 Å². The Morgan fingerprint density at radius 2 is 1.86 bits per heavy atom. The first-order valence-corrected chi connectivity index (χ1v) is 9.76. The van der Waals surface area contributed by atoms with Crippen molar-refractivity contribution in [2.75, 3.05) is 0 Å². The van der Waals surface area contributed by atoms with Crippen LogP contribution in [-0.4, -0.2) is 0 Å². The predicted molar refractivity (Wildman–Crippen MR) is 110 cm³/mol. The number of aryl methyl sites for hydroxylation is 1. The SMILES string of the molecule is Cc1ccc2c(c1)C(C#N)=C1C=C[C@@H](C)C3=C1[C@@]2(C#N)[C@H](c1ccccc1)C3. The van der Waals surface area contributed by atoms with E-state index in [-0.39, 0.29) is 11.8 Å². The summed E-state index contributed by atoms with van der Waals surface area (Å²) in [6.45, 7) is 4.24. The fraction of sp³-hybridized carbons (Fsp3) is 0.231. The van der Waals surface area contributed by atoms with Crippen LogP contribution in [0, 0.1) is 35.5 Å². The first kappa shape index (κ1) is 16.8. The fourth-order valence-corrected chi connectivity index (χ4v) is 5.39. The molecule has 28 heavy (non-hydrogen) atoms. The number of rotatable bonds is 1. The van der Waals surface area contributed by atoms with Crippen molar-refractivity contribution in [1.29, 1.82) is 10.5 Å². The number of nitriles is 2. The molecule has 0 amide bonds. The Hall–Kier alpha value is -3.36. The van der Waals surface area contributed by atoms with Crippen molar-refractivity contribution in [3.63, 3.8) is 0 Å². The summed E-state index contributed by atoms with van der Waals surface area (Å²) in [6.07, 6.45) is 5.11. The van der Waals surface area contributed by atoms with E-state index in [4.69, 9.17) is 0 Å². The average molecular weight is 360 g/mol. The number of fused-ring (bicyclic) bond motifs is 2. The van der Waals surface area contributed by atoms with Crippen LogP contribution in [0.1, 0.15) is 41.5 Å². The molecule has 0 aromatic heterocycles. The topological polar surface area (TPSA) is 47.6 Å². The maximum atomic E-state index is 10.7. The van der Waals surface area contributed by atoms with Gasteiger partial charge in [0, 0.05) is 5.92 Å². The van der Waals surface area contributed by atoms with E-state index in [1.807, 2.05) is 13.0 Å². The summed E-state index contributed by atoms with van der Waals surface area (Å²) in [5.41, 5.74) is 7.52. The Labute approximate surface area is 165 Å². The molecule has 2 heteroatoms. The number of hydrogen-bond donors (Lipinski definition) is 0. The minimum absolute atomic E-state index is 0.0581. The van der Waals surface area contributed by atoms with Gasteiger partial charge in [-0.1, -0.05) is 78.7 Å². The van der Waals surface area contributed by atoms with Crippen LogP contribution in [-0.2, 0) is 5.41 Å². The van der Waals surface area contributed by atoms with Gasteiger partial charge in [-0.15, -0.1) is 0 Å². The van der Waals surface area contributed by atoms with Crippen molar-refractivity contribution in [2.45, 2.75) is 31.6 Å². The first-order valence-electron chi connectivity index (χ1n) is 9.76. The highest BCUT2D eigenvalue weighted by Gasteiger charge is 2.56. The van der Waals surface area contributed by atoms with E-state index < -0.39 is 5.41 Å². The summed E-state index contributed by atoms with van der Waals surface area (Å²) in [6, 6.07) is 21.8. The lowest BCUT2D eigenvalue weighted by Crippen LogP contribution is -2.35. The van der Waals surface area contributed by atoms with Crippen LogP contribution >= 0.6 is 0 Å². The lowest BCUT2D eigenvalue weighted by molar-refractivity contribution is 0.535. The molecule has 3 aliphatic rings. The lowest BCUT2D eigenvalue weighted by atomic mass is 9.60. The second kappa shape index (κ2) is 5.82. The van der Waals surface area contributed by atoms with E-state index >= 15 is 0 Å². The summed E-state index contributed by atoms with van der Waals surface area (Å²) < 4.78 is 0. The van der Waals surface area contributed by atoms with Crippen LogP contribution in [0.15, 0.2) is 77.4 Å². The molecule has 3 aliphatic carbocycles. The summed E-state index contributed by atoms with van der Waals surface area (Å²) in [5.74, 6) is 0.342. The molecule has 0 spiro atoms. The van der Waals surface area contributed by atoms with Crippen molar-refractivity contribution in [3.8, 4) is 12.1 Å². The molecule has 5 rings (SSSR count). The van der Waals surface area contributed by atoms with Crippen molar-refractivity contribution in [2.24, 2.45) is 5.92 Å². The van der Waals surface area contributed by atoms with E-state index in [9.17, 15) is 10.5 Å². The summed E-state index contributed by atoms with van der Waals surface area (Å²) >= 11 is 0. The van der Waals surface area contributed by atoms with Gasteiger partial charge >= 0.3 is 0 Å². The molecule has 0 heterocycles. The molecule has 0 N–H and O–H groups in total. The summed E-state index contributed by atoms with van der Waals surface area (Å²) in [5, 5.41) is 20.7. The predicted octanol–water partition coefficient (Wildman–Crippen LogP) is 5.74. The second-order valence-electron chi connectivity index (χ2n) is 8.08. The molecule has 0 aliphatic heterocycles. The highest BCUT2D eigenvalue weighted by molar-refractivity contribution is 5.93. The van der Waals surface area contributed by atoms with Crippen LogP contribution in [0.25, 0.3) is 5.57 Å². The van der Waals surface area contributed by atoms with E-state index in [1.54, 1.807) is 0 Å². The number of nitrogens with zero attached hydrogens (tertiary/aromatic N) is 2. The molecule has 0 unspecified atom stereocenters. The molecule has 134 valence electrons. The van der Waals surface area contributed by atoms with Gasteiger partial charge in [-0.2, -0.15) is 10.5 Å². The van der Waals surface area contributed by atoms with E-state index in [2.05, 4.69) is 73.7 Å². The largest absolute Gasteiger partial charge is 0.197 e. The van der Waals surface area contributed by atoms with E-state index in [1.165, 1.54) is 11.1 Å². The third-order valence-corrected chi connectivity index (χ3v) is 6.66. The van der Waals surface area contributed by atoms with Gasteiger partial charge in [0.05, 0.1) is 11.6 Å². The van der Waals surface area contributed by atoms with Gasteiger partial charge in [-0.3, -0.25) is 0 Å². The standard InChI is InChI=1S/C26H20N2/c1-16-8-11-23-21(12-16)22(14-27)19-10-9-17(2)20-13-24(18-6-4-3-5-7-18)26(23,15-28)25(19)20/h3-12,17,24H,13H2,1-2H3/t17-,24+,26-/m1/s1. The maximum Gasteiger partial charge on any atom is 0.115 e. The number of allylic oxidation sites excluding steroid dienone is 6. The molecule has 3 atom stereocenters. The van der Waals surface area contributed by atoms with Crippen LogP contribution in [0.4, 0.5) is 0 Å².